The lowest BCUT2D eigenvalue weighted by Crippen LogP contribution is -2.29. The van der Waals surface area contributed by atoms with E-state index in [1.807, 2.05) is 0 Å². The van der Waals surface area contributed by atoms with Crippen LogP contribution in [0.2, 0.25) is 0 Å². The average Bonchev–Trinajstić information content (AvgIpc) is 2.70. The average molecular weight is 435 g/mol. The van der Waals surface area contributed by atoms with Crippen molar-refractivity contribution >= 4 is 9.84 Å². The largest absolute Gasteiger partial charge is 0.394 e. The van der Waals surface area contributed by atoms with Crippen LogP contribution in [0.3, 0.4) is 0 Å². The van der Waals surface area contributed by atoms with Crippen LogP contribution in [0.25, 0.3) is 0 Å². The van der Waals surface area contributed by atoms with Crippen LogP contribution in [0, 0.1) is 0 Å². The zero-order valence-corrected chi connectivity index (χ0v) is 20.3. The lowest BCUT2D eigenvalue weighted by atomic mass is 10.1. The van der Waals surface area contributed by atoms with Crippen LogP contribution < -0.4 is 0 Å². The molecule has 1 N–H and O–H groups in total. The summed E-state index contributed by atoms with van der Waals surface area (Å²) in [6.45, 7) is 4.79. The first-order chi connectivity index (χ1) is 14.1. The summed E-state index contributed by atoms with van der Waals surface area (Å²) in [5.41, 5.74) is 0. The highest BCUT2D eigenvalue weighted by molar-refractivity contribution is 7.91. The molecule has 0 saturated carbocycles. The quantitative estimate of drug-likeness (QED) is 0.188. The third kappa shape index (κ3) is 20.9. The van der Waals surface area contributed by atoms with Crippen molar-refractivity contribution in [1.82, 2.24) is 0 Å². The molecular formula is C24H50O4S. The van der Waals surface area contributed by atoms with Gasteiger partial charge in [-0.25, -0.2) is 8.42 Å². The molecule has 0 heterocycles. The van der Waals surface area contributed by atoms with Crippen molar-refractivity contribution in [1.29, 1.82) is 0 Å². The van der Waals surface area contributed by atoms with Gasteiger partial charge in [0.1, 0.15) is 0 Å². The summed E-state index contributed by atoms with van der Waals surface area (Å²) < 4.78 is 30.2. The van der Waals surface area contributed by atoms with Gasteiger partial charge in [-0.2, -0.15) is 0 Å². The Bertz CT molecular complexity index is 423. The Morgan fingerprint density at radius 2 is 1.07 bits per heavy atom. The van der Waals surface area contributed by atoms with Gasteiger partial charge in [0.25, 0.3) is 0 Å². The van der Waals surface area contributed by atoms with E-state index in [9.17, 15) is 13.5 Å². The van der Waals surface area contributed by atoms with Gasteiger partial charge < -0.3 is 9.84 Å². The van der Waals surface area contributed by atoms with Crippen LogP contribution >= 0.6 is 0 Å². The summed E-state index contributed by atoms with van der Waals surface area (Å²) in [6, 6.07) is 0. The molecule has 1 atom stereocenters. The van der Waals surface area contributed by atoms with E-state index < -0.39 is 15.9 Å². The lowest BCUT2D eigenvalue weighted by Gasteiger charge is -2.15. The van der Waals surface area contributed by atoms with Gasteiger partial charge >= 0.3 is 0 Å². The van der Waals surface area contributed by atoms with Gasteiger partial charge in [0.15, 0.2) is 9.84 Å². The Labute approximate surface area is 182 Å². The predicted octanol–water partition coefficient (Wildman–Crippen LogP) is 6.45. The van der Waals surface area contributed by atoms with Crippen molar-refractivity contribution in [2.24, 2.45) is 0 Å². The smallest absolute Gasteiger partial charge is 0.152 e. The molecule has 0 saturated heterocycles. The number of aliphatic hydroxyl groups is 1. The summed E-state index contributed by atoms with van der Waals surface area (Å²) in [5, 5.41) is 9.45. The summed E-state index contributed by atoms with van der Waals surface area (Å²) in [6.07, 6.45) is 19.8. The molecule has 0 aliphatic carbocycles. The molecule has 0 aromatic heterocycles. The second-order valence-corrected chi connectivity index (χ2v) is 10.8. The number of aliphatic hydroxyl groups excluding tert-OH is 1. The van der Waals surface area contributed by atoms with E-state index in [0.717, 1.165) is 32.1 Å². The van der Waals surface area contributed by atoms with E-state index in [4.69, 9.17) is 4.74 Å². The molecule has 0 aromatic carbocycles. The van der Waals surface area contributed by atoms with E-state index in [-0.39, 0.29) is 18.1 Å². The molecule has 5 heteroatoms. The number of hydrogen-bond acceptors (Lipinski definition) is 4. The van der Waals surface area contributed by atoms with Gasteiger partial charge in [0.2, 0.25) is 0 Å². The Kier molecular flexibility index (Phi) is 21.0. The number of sulfone groups is 1. The van der Waals surface area contributed by atoms with Gasteiger partial charge in [-0.05, 0) is 12.8 Å². The van der Waals surface area contributed by atoms with E-state index in [1.165, 1.54) is 77.0 Å². The summed E-state index contributed by atoms with van der Waals surface area (Å²) >= 11 is 0. The highest BCUT2D eigenvalue weighted by atomic mass is 32.2. The molecule has 1 unspecified atom stereocenters. The number of unbranched alkanes of at least 4 members (excludes halogenated alkanes) is 15. The minimum atomic E-state index is -3.14. The van der Waals surface area contributed by atoms with Crippen molar-refractivity contribution in [2.75, 3.05) is 24.7 Å². The highest BCUT2D eigenvalue weighted by Gasteiger charge is 2.19. The van der Waals surface area contributed by atoms with E-state index in [1.54, 1.807) is 0 Å². The van der Waals surface area contributed by atoms with Crippen molar-refractivity contribution in [3.05, 3.63) is 0 Å². The molecule has 0 radical (unpaired) electrons. The van der Waals surface area contributed by atoms with Crippen LogP contribution in [-0.2, 0) is 14.6 Å². The Balaban J connectivity index is 3.68. The zero-order valence-electron chi connectivity index (χ0n) is 19.5. The van der Waals surface area contributed by atoms with Crippen LogP contribution in [0.4, 0.5) is 0 Å². The van der Waals surface area contributed by atoms with Crippen molar-refractivity contribution in [3.8, 4) is 0 Å². The maximum absolute atomic E-state index is 12.3. The van der Waals surface area contributed by atoms with Gasteiger partial charge in [-0.1, -0.05) is 110 Å². The predicted molar refractivity (Wildman–Crippen MR) is 125 cm³/mol. The van der Waals surface area contributed by atoms with Gasteiger partial charge in [-0.15, -0.1) is 0 Å². The SMILES string of the molecule is CCCCCCCCCCCS(=O)(=O)CC(CO)OCCCCCCCCCC. The summed E-state index contributed by atoms with van der Waals surface area (Å²) in [4.78, 5) is 0. The monoisotopic (exact) mass is 434 g/mol. The topological polar surface area (TPSA) is 63.6 Å². The molecule has 0 aromatic rings. The van der Waals surface area contributed by atoms with Crippen LogP contribution in [0.5, 0.6) is 0 Å². The first kappa shape index (κ1) is 28.9. The minimum absolute atomic E-state index is 0.0441. The van der Waals surface area contributed by atoms with Gasteiger partial charge in [0.05, 0.1) is 24.2 Å². The Morgan fingerprint density at radius 1 is 0.655 bits per heavy atom. The molecule has 176 valence electrons. The number of rotatable bonds is 23. The second-order valence-electron chi connectivity index (χ2n) is 8.59. The van der Waals surface area contributed by atoms with Crippen LogP contribution in [-0.4, -0.2) is 44.3 Å². The number of hydrogen-bond donors (Lipinski definition) is 1. The molecule has 0 bridgehead atoms. The maximum Gasteiger partial charge on any atom is 0.152 e. The molecule has 4 nitrogen and oxygen atoms in total. The molecular weight excluding hydrogens is 384 g/mol. The fraction of sp³-hybridized carbons (Fsp3) is 1.00. The Hall–Kier alpha value is -0.130. The van der Waals surface area contributed by atoms with E-state index in [0.29, 0.717) is 6.61 Å². The third-order valence-electron chi connectivity index (χ3n) is 5.55. The van der Waals surface area contributed by atoms with Crippen molar-refractivity contribution in [3.63, 3.8) is 0 Å². The Morgan fingerprint density at radius 3 is 1.52 bits per heavy atom. The van der Waals surface area contributed by atoms with Gasteiger partial charge in [0, 0.05) is 6.61 Å². The minimum Gasteiger partial charge on any atom is -0.394 e. The fourth-order valence-electron chi connectivity index (χ4n) is 3.64. The molecule has 0 aliphatic rings. The second kappa shape index (κ2) is 21.1. The molecule has 0 fully saturated rings. The van der Waals surface area contributed by atoms with Crippen LogP contribution in [0.15, 0.2) is 0 Å². The van der Waals surface area contributed by atoms with Crippen molar-refractivity contribution < 1.29 is 18.3 Å². The summed E-state index contributed by atoms with van der Waals surface area (Å²) in [5.74, 6) is 0.179. The standard InChI is InChI=1S/C24H50O4S/c1-3-5-7-9-11-13-15-17-19-21-29(26,27)23-24(22-25)28-20-18-16-14-12-10-8-6-4-2/h24-25H,3-23H2,1-2H3. The summed E-state index contributed by atoms with van der Waals surface area (Å²) in [7, 11) is -3.14. The van der Waals surface area contributed by atoms with Crippen molar-refractivity contribution in [2.45, 2.75) is 129 Å². The fourth-order valence-corrected chi connectivity index (χ4v) is 5.22. The molecule has 29 heavy (non-hydrogen) atoms. The zero-order chi connectivity index (χ0) is 21.6. The molecule has 0 rings (SSSR count). The highest BCUT2D eigenvalue weighted by Crippen LogP contribution is 2.12. The normalized spacial score (nSPS) is 13.1. The van der Waals surface area contributed by atoms with E-state index in [2.05, 4.69) is 13.8 Å². The van der Waals surface area contributed by atoms with Crippen LogP contribution in [0.1, 0.15) is 123 Å². The van der Waals surface area contributed by atoms with Gasteiger partial charge in [-0.3, -0.25) is 0 Å². The first-order valence-electron chi connectivity index (χ1n) is 12.5. The molecule has 0 aliphatic heterocycles. The lowest BCUT2D eigenvalue weighted by molar-refractivity contribution is 0.0250. The molecule has 0 spiro atoms. The maximum atomic E-state index is 12.3. The van der Waals surface area contributed by atoms with E-state index >= 15 is 0 Å². The third-order valence-corrected chi connectivity index (χ3v) is 7.34. The number of ether oxygens (including phenoxy) is 1. The first-order valence-corrected chi connectivity index (χ1v) is 14.3. The molecule has 0 amide bonds.